The van der Waals surface area contributed by atoms with E-state index in [4.69, 9.17) is 4.74 Å². The van der Waals surface area contributed by atoms with Crippen LogP contribution < -0.4 is 5.32 Å². The summed E-state index contributed by atoms with van der Waals surface area (Å²) in [5.41, 5.74) is 0. The van der Waals surface area contributed by atoms with Gasteiger partial charge >= 0.3 is 0 Å². The van der Waals surface area contributed by atoms with E-state index in [-0.39, 0.29) is 0 Å². The zero-order valence-electron chi connectivity index (χ0n) is 12.9. The van der Waals surface area contributed by atoms with E-state index < -0.39 is 0 Å². The highest BCUT2D eigenvalue weighted by molar-refractivity contribution is 4.87. The minimum Gasteiger partial charge on any atom is -0.377 e. The summed E-state index contributed by atoms with van der Waals surface area (Å²) in [6.07, 6.45) is 8.51. The van der Waals surface area contributed by atoms with E-state index in [9.17, 15) is 0 Å². The van der Waals surface area contributed by atoms with Gasteiger partial charge < -0.3 is 10.1 Å². The first-order valence-corrected chi connectivity index (χ1v) is 8.11. The molecular weight excluding hydrogens is 222 g/mol. The smallest absolute Gasteiger partial charge is 0.0727 e. The van der Waals surface area contributed by atoms with Gasteiger partial charge in [0.1, 0.15) is 0 Å². The van der Waals surface area contributed by atoms with Crippen LogP contribution in [0.5, 0.6) is 0 Å². The largest absolute Gasteiger partial charge is 0.377 e. The van der Waals surface area contributed by atoms with Crippen molar-refractivity contribution in [3.63, 3.8) is 0 Å². The van der Waals surface area contributed by atoms with Crippen molar-refractivity contribution in [2.75, 3.05) is 13.2 Å². The van der Waals surface area contributed by atoms with Crippen LogP contribution in [0.15, 0.2) is 0 Å². The molecule has 1 N–H and O–H groups in total. The molecule has 1 saturated carbocycles. The summed E-state index contributed by atoms with van der Waals surface area (Å²) in [6.45, 7) is 10.8. The fourth-order valence-corrected chi connectivity index (χ4v) is 3.56. The zero-order chi connectivity index (χ0) is 13.4. The highest BCUT2D eigenvalue weighted by Gasteiger charge is 2.32. The van der Waals surface area contributed by atoms with E-state index in [1.165, 1.54) is 32.1 Å². The Labute approximate surface area is 114 Å². The Morgan fingerprint density at radius 3 is 2.50 bits per heavy atom. The van der Waals surface area contributed by atoms with Gasteiger partial charge in [0.25, 0.3) is 0 Å². The number of hydrogen-bond acceptors (Lipinski definition) is 2. The number of hydrogen-bond donors (Lipinski definition) is 1. The van der Waals surface area contributed by atoms with Crippen molar-refractivity contribution in [2.45, 2.75) is 78.4 Å². The third-order valence-electron chi connectivity index (χ3n) is 4.53. The Kier molecular flexibility index (Phi) is 7.92. The second kappa shape index (κ2) is 8.92. The molecule has 1 aliphatic carbocycles. The summed E-state index contributed by atoms with van der Waals surface area (Å²) in [5, 5.41) is 3.71. The molecule has 1 aliphatic rings. The van der Waals surface area contributed by atoms with Crippen LogP contribution in [0.1, 0.15) is 66.2 Å². The molecule has 4 atom stereocenters. The number of nitrogens with one attached hydrogen (secondary N) is 1. The summed E-state index contributed by atoms with van der Waals surface area (Å²) < 4.78 is 5.97. The van der Waals surface area contributed by atoms with Crippen LogP contribution in [0.3, 0.4) is 0 Å². The summed E-state index contributed by atoms with van der Waals surface area (Å²) in [4.78, 5) is 0. The molecule has 4 unspecified atom stereocenters. The normalized spacial score (nSPS) is 28.0. The molecule has 0 aromatic carbocycles. The predicted molar refractivity (Wildman–Crippen MR) is 78.9 cm³/mol. The van der Waals surface area contributed by atoms with E-state index in [0.29, 0.717) is 12.1 Å². The van der Waals surface area contributed by atoms with Gasteiger partial charge in [0.2, 0.25) is 0 Å². The molecule has 0 aromatic rings. The second-order valence-electron chi connectivity index (χ2n) is 5.69. The minimum atomic E-state index is 0.399. The number of likely N-dealkylation sites (N-methyl/N-ethyl adjacent to an activating group) is 1. The highest BCUT2D eigenvalue weighted by Crippen LogP contribution is 2.34. The summed E-state index contributed by atoms with van der Waals surface area (Å²) in [7, 11) is 0. The van der Waals surface area contributed by atoms with Crippen LogP contribution >= 0.6 is 0 Å². The van der Waals surface area contributed by atoms with Crippen molar-refractivity contribution >= 4 is 0 Å². The van der Waals surface area contributed by atoms with E-state index in [2.05, 4.69) is 33.0 Å². The lowest BCUT2D eigenvalue weighted by atomic mass is 9.75. The molecule has 0 heterocycles. The Morgan fingerprint density at radius 1 is 1.17 bits per heavy atom. The average Bonchev–Trinajstić information content (AvgIpc) is 2.42. The molecule has 0 saturated heterocycles. The van der Waals surface area contributed by atoms with Crippen molar-refractivity contribution in [1.82, 2.24) is 5.32 Å². The molecule has 0 spiro atoms. The van der Waals surface area contributed by atoms with Gasteiger partial charge in [0, 0.05) is 12.6 Å². The third-order valence-corrected chi connectivity index (χ3v) is 4.53. The first-order chi connectivity index (χ1) is 8.76. The lowest BCUT2D eigenvalue weighted by molar-refractivity contribution is 0.00560. The lowest BCUT2D eigenvalue weighted by Gasteiger charge is -2.38. The van der Waals surface area contributed by atoms with Gasteiger partial charge in [-0.2, -0.15) is 0 Å². The van der Waals surface area contributed by atoms with Crippen LogP contribution in [-0.2, 0) is 4.74 Å². The van der Waals surface area contributed by atoms with Crippen LogP contribution in [-0.4, -0.2) is 25.3 Å². The Morgan fingerprint density at radius 2 is 1.94 bits per heavy atom. The van der Waals surface area contributed by atoms with Crippen LogP contribution in [0, 0.1) is 11.8 Å². The molecule has 0 bridgehead atoms. The maximum atomic E-state index is 5.97. The van der Waals surface area contributed by atoms with Gasteiger partial charge in [-0.1, -0.05) is 40.0 Å². The first-order valence-electron chi connectivity index (χ1n) is 8.11. The molecule has 18 heavy (non-hydrogen) atoms. The van der Waals surface area contributed by atoms with Gasteiger partial charge in [-0.25, -0.2) is 0 Å². The van der Waals surface area contributed by atoms with Gasteiger partial charge in [-0.05, 0) is 44.6 Å². The number of rotatable bonds is 8. The topological polar surface area (TPSA) is 21.3 Å². The maximum absolute atomic E-state index is 5.97. The first kappa shape index (κ1) is 16.0. The van der Waals surface area contributed by atoms with Gasteiger partial charge in [0.15, 0.2) is 0 Å². The third kappa shape index (κ3) is 4.55. The van der Waals surface area contributed by atoms with E-state index in [1.54, 1.807) is 0 Å². The molecule has 2 nitrogen and oxygen atoms in total. The minimum absolute atomic E-state index is 0.399. The van der Waals surface area contributed by atoms with Crippen molar-refractivity contribution in [3.8, 4) is 0 Å². The molecule has 108 valence electrons. The van der Waals surface area contributed by atoms with Crippen molar-refractivity contribution < 1.29 is 4.74 Å². The van der Waals surface area contributed by atoms with E-state index in [1.807, 2.05) is 0 Å². The van der Waals surface area contributed by atoms with Crippen molar-refractivity contribution in [3.05, 3.63) is 0 Å². The summed E-state index contributed by atoms with van der Waals surface area (Å²) in [6, 6.07) is 0.564. The molecule has 0 aliphatic heterocycles. The molecule has 2 heteroatoms. The van der Waals surface area contributed by atoms with Crippen molar-refractivity contribution in [1.29, 1.82) is 0 Å². The van der Waals surface area contributed by atoms with Gasteiger partial charge in [-0.3, -0.25) is 0 Å². The zero-order valence-corrected chi connectivity index (χ0v) is 12.9. The Bertz CT molecular complexity index is 207. The second-order valence-corrected chi connectivity index (χ2v) is 5.69. The standard InChI is InChI=1S/C16H33NO/c1-5-13-10-9-11-14(12-13)16(17-7-3)15(6-2)18-8-4/h13-17H,5-12H2,1-4H3. The van der Waals surface area contributed by atoms with Gasteiger partial charge in [-0.15, -0.1) is 0 Å². The summed E-state index contributed by atoms with van der Waals surface area (Å²) >= 11 is 0. The molecule has 1 rings (SSSR count). The quantitative estimate of drug-likeness (QED) is 0.708. The molecular formula is C16H33NO. The molecule has 0 radical (unpaired) electrons. The maximum Gasteiger partial charge on any atom is 0.0727 e. The molecule has 0 aromatic heterocycles. The van der Waals surface area contributed by atoms with Crippen LogP contribution in [0.2, 0.25) is 0 Å². The lowest BCUT2D eigenvalue weighted by Crippen LogP contribution is -2.47. The van der Waals surface area contributed by atoms with Gasteiger partial charge in [0.05, 0.1) is 6.10 Å². The van der Waals surface area contributed by atoms with Crippen molar-refractivity contribution in [2.24, 2.45) is 11.8 Å². The average molecular weight is 255 g/mol. The van der Waals surface area contributed by atoms with E-state index in [0.717, 1.165) is 31.4 Å². The fraction of sp³-hybridized carbons (Fsp3) is 1.00. The van der Waals surface area contributed by atoms with Crippen LogP contribution in [0.4, 0.5) is 0 Å². The molecule has 0 amide bonds. The molecule has 1 fully saturated rings. The van der Waals surface area contributed by atoms with Crippen LogP contribution in [0.25, 0.3) is 0 Å². The Hall–Kier alpha value is -0.0800. The Balaban J connectivity index is 2.63. The van der Waals surface area contributed by atoms with E-state index >= 15 is 0 Å². The summed E-state index contributed by atoms with van der Waals surface area (Å²) in [5.74, 6) is 1.77. The fourth-order valence-electron chi connectivity index (χ4n) is 3.56. The predicted octanol–water partition coefficient (Wildman–Crippen LogP) is 4.00. The monoisotopic (exact) mass is 255 g/mol. The SMILES string of the molecule is CCNC(C1CCCC(CC)C1)C(CC)OCC. The number of ether oxygens (including phenoxy) is 1. The highest BCUT2D eigenvalue weighted by atomic mass is 16.5.